The van der Waals surface area contributed by atoms with Gasteiger partial charge in [0, 0.05) is 24.6 Å². The molecule has 1 aromatic carbocycles. The van der Waals surface area contributed by atoms with Crippen molar-refractivity contribution in [1.29, 1.82) is 0 Å². The van der Waals surface area contributed by atoms with Crippen molar-refractivity contribution in [3.8, 4) is 5.69 Å². The standard InChI is InChI=1S/C17H23N3OS/c1-12(2)10-19-16(21)11-22-17-18-5-6-20(17)15-8-13(3)7-14(4)9-15/h5-9,12H,10-11H2,1-4H3,(H,19,21). The van der Waals surface area contributed by atoms with Gasteiger partial charge in [0.2, 0.25) is 5.91 Å². The third kappa shape index (κ3) is 4.63. The maximum absolute atomic E-state index is 11.8. The molecule has 22 heavy (non-hydrogen) atoms. The van der Waals surface area contributed by atoms with E-state index in [4.69, 9.17) is 0 Å². The molecule has 5 heteroatoms. The number of imidazole rings is 1. The topological polar surface area (TPSA) is 46.9 Å². The number of benzene rings is 1. The van der Waals surface area contributed by atoms with Crippen molar-refractivity contribution in [3.05, 3.63) is 41.7 Å². The number of nitrogens with zero attached hydrogens (tertiary/aromatic N) is 2. The molecule has 0 aliphatic carbocycles. The largest absolute Gasteiger partial charge is 0.355 e. The Kier molecular flexibility index (Phi) is 5.66. The van der Waals surface area contributed by atoms with Gasteiger partial charge in [-0.1, -0.05) is 31.7 Å². The van der Waals surface area contributed by atoms with E-state index in [-0.39, 0.29) is 5.91 Å². The van der Waals surface area contributed by atoms with Crippen molar-refractivity contribution in [2.75, 3.05) is 12.3 Å². The third-order valence-corrected chi connectivity index (χ3v) is 4.10. The van der Waals surface area contributed by atoms with Crippen LogP contribution in [0.25, 0.3) is 5.69 Å². The second-order valence-electron chi connectivity index (χ2n) is 5.91. The van der Waals surface area contributed by atoms with Gasteiger partial charge in [-0.25, -0.2) is 4.98 Å². The Morgan fingerprint density at radius 3 is 2.59 bits per heavy atom. The van der Waals surface area contributed by atoms with E-state index in [0.29, 0.717) is 18.2 Å². The van der Waals surface area contributed by atoms with Gasteiger partial charge in [-0.3, -0.25) is 9.36 Å². The Bertz CT molecular complexity index is 629. The van der Waals surface area contributed by atoms with Gasteiger partial charge in [0.15, 0.2) is 5.16 Å². The van der Waals surface area contributed by atoms with E-state index in [1.165, 1.54) is 22.9 Å². The highest BCUT2D eigenvalue weighted by Crippen LogP contribution is 2.22. The first-order valence-electron chi connectivity index (χ1n) is 7.47. The summed E-state index contributed by atoms with van der Waals surface area (Å²) in [6.45, 7) is 9.05. The monoisotopic (exact) mass is 317 g/mol. The molecule has 1 heterocycles. The summed E-state index contributed by atoms with van der Waals surface area (Å²) in [5.74, 6) is 0.897. The molecule has 1 aromatic heterocycles. The number of hydrogen-bond donors (Lipinski definition) is 1. The minimum absolute atomic E-state index is 0.0497. The molecule has 1 N–H and O–H groups in total. The number of nitrogens with one attached hydrogen (secondary N) is 1. The van der Waals surface area contributed by atoms with Gasteiger partial charge in [-0.05, 0) is 43.0 Å². The molecule has 118 valence electrons. The number of rotatable bonds is 6. The van der Waals surface area contributed by atoms with Gasteiger partial charge in [-0.2, -0.15) is 0 Å². The molecule has 0 unspecified atom stereocenters. The number of carbonyl (C=O) groups is 1. The first kappa shape index (κ1) is 16.6. The summed E-state index contributed by atoms with van der Waals surface area (Å²) in [5, 5.41) is 3.76. The van der Waals surface area contributed by atoms with E-state index in [9.17, 15) is 4.79 Å². The number of thioether (sulfide) groups is 1. The van der Waals surface area contributed by atoms with Crippen molar-refractivity contribution in [1.82, 2.24) is 14.9 Å². The first-order chi connectivity index (χ1) is 10.5. The van der Waals surface area contributed by atoms with Gasteiger partial charge in [0.05, 0.1) is 5.75 Å². The summed E-state index contributed by atoms with van der Waals surface area (Å²) in [7, 11) is 0. The predicted molar refractivity (Wildman–Crippen MR) is 91.6 cm³/mol. The van der Waals surface area contributed by atoms with Gasteiger partial charge >= 0.3 is 0 Å². The molecule has 0 fully saturated rings. The minimum atomic E-state index is 0.0497. The highest BCUT2D eigenvalue weighted by Gasteiger charge is 2.10. The fourth-order valence-electron chi connectivity index (χ4n) is 2.18. The lowest BCUT2D eigenvalue weighted by Gasteiger charge is -2.10. The summed E-state index contributed by atoms with van der Waals surface area (Å²) in [4.78, 5) is 16.2. The van der Waals surface area contributed by atoms with Crippen LogP contribution >= 0.6 is 11.8 Å². The van der Waals surface area contributed by atoms with Crippen LogP contribution in [0.4, 0.5) is 0 Å². The van der Waals surface area contributed by atoms with Crippen molar-refractivity contribution in [3.63, 3.8) is 0 Å². The summed E-state index contributed by atoms with van der Waals surface area (Å²) in [6.07, 6.45) is 3.70. The van der Waals surface area contributed by atoms with Crippen LogP contribution in [-0.4, -0.2) is 27.8 Å². The van der Waals surface area contributed by atoms with E-state index in [2.05, 4.69) is 56.2 Å². The second kappa shape index (κ2) is 7.49. The fraction of sp³-hybridized carbons (Fsp3) is 0.412. The van der Waals surface area contributed by atoms with Crippen LogP contribution in [-0.2, 0) is 4.79 Å². The average Bonchev–Trinajstić information content (AvgIpc) is 2.90. The van der Waals surface area contributed by atoms with E-state index in [1.54, 1.807) is 6.20 Å². The van der Waals surface area contributed by atoms with E-state index < -0.39 is 0 Å². The van der Waals surface area contributed by atoms with Crippen LogP contribution in [0.15, 0.2) is 35.7 Å². The molecule has 0 radical (unpaired) electrons. The summed E-state index contributed by atoms with van der Waals surface area (Å²) in [5.41, 5.74) is 3.52. The molecule has 0 atom stereocenters. The zero-order chi connectivity index (χ0) is 16.1. The average molecular weight is 317 g/mol. The van der Waals surface area contributed by atoms with Crippen LogP contribution < -0.4 is 5.32 Å². The smallest absolute Gasteiger partial charge is 0.230 e. The molecular formula is C17H23N3OS. The SMILES string of the molecule is Cc1cc(C)cc(-n2ccnc2SCC(=O)NCC(C)C)c1. The Labute approximate surface area is 136 Å². The van der Waals surface area contributed by atoms with Crippen molar-refractivity contribution in [2.45, 2.75) is 32.9 Å². The number of hydrogen-bond acceptors (Lipinski definition) is 3. The molecule has 2 rings (SSSR count). The number of amides is 1. The molecule has 0 saturated heterocycles. The van der Waals surface area contributed by atoms with Crippen molar-refractivity contribution >= 4 is 17.7 Å². The van der Waals surface area contributed by atoms with Crippen LogP contribution in [0.5, 0.6) is 0 Å². The van der Waals surface area contributed by atoms with E-state index >= 15 is 0 Å². The lowest BCUT2D eigenvalue weighted by atomic mass is 10.1. The molecule has 0 aliphatic rings. The molecule has 4 nitrogen and oxygen atoms in total. The number of aromatic nitrogens is 2. The quantitative estimate of drug-likeness (QED) is 0.831. The van der Waals surface area contributed by atoms with Crippen LogP contribution in [0.1, 0.15) is 25.0 Å². The van der Waals surface area contributed by atoms with Gasteiger partial charge in [0.25, 0.3) is 0 Å². The summed E-state index contributed by atoms with van der Waals surface area (Å²) < 4.78 is 2.03. The van der Waals surface area contributed by atoms with Gasteiger partial charge in [-0.15, -0.1) is 0 Å². The molecule has 0 aliphatic heterocycles. The fourth-order valence-corrected chi connectivity index (χ4v) is 2.98. The van der Waals surface area contributed by atoms with Gasteiger partial charge < -0.3 is 5.32 Å². The van der Waals surface area contributed by atoms with E-state index in [1.807, 2.05) is 10.8 Å². The molecule has 1 amide bonds. The summed E-state index contributed by atoms with van der Waals surface area (Å²) in [6, 6.07) is 6.39. The molecule has 0 saturated carbocycles. The molecule has 2 aromatic rings. The Morgan fingerprint density at radius 2 is 1.95 bits per heavy atom. The lowest BCUT2D eigenvalue weighted by Crippen LogP contribution is -2.28. The second-order valence-corrected chi connectivity index (χ2v) is 6.85. The Hall–Kier alpha value is -1.75. The summed E-state index contributed by atoms with van der Waals surface area (Å²) >= 11 is 1.46. The van der Waals surface area contributed by atoms with Crippen LogP contribution in [0.3, 0.4) is 0 Å². The highest BCUT2D eigenvalue weighted by molar-refractivity contribution is 7.99. The maximum Gasteiger partial charge on any atom is 0.230 e. The maximum atomic E-state index is 11.8. The normalized spacial score (nSPS) is 11.0. The van der Waals surface area contributed by atoms with Crippen LogP contribution in [0, 0.1) is 19.8 Å². The van der Waals surface area contributed by atoms with Crippen molar-refractivity contribution in [2.24, 2.45) is 5.92 Å². The number of aryl methyl sites for hydroxylation is 2. The van der Waals surface area contributed by atoms with Gasteiger partial charge in [0.1, 0.15) is 0 Å². The molecular weight excluding hydrogens is 294 g/mol. The highest BCUT2D eigenvalue weighted by atomic mass is 32.2. The predicted octanol–water partition coefficient (Wildman–Crippen LogP) is 3.35. The molecule has 0 spiro atoms. The molecule has 0 bridgehead atoms. The minimum Gasteiger partial charge on any atom is -0.355 e. The number of carbonyl (C=O) groups excluding carboxylic acids is 1. The third-order valence-electron chi connectivity index (χ3n) is 3.13. The zero-order valence-corrected chi connectivity index (χ0v) is 14.4. The lowest BCUT2D eigenvalue weighted by molar-refractivity contribution is -0.118. The van der Waals surface area contributed by atoms with Crippen LogP contribution in [0.2, 0.25) is 0 Å². The Morgan fingerprint density at radius 1 is 1.27 bits per heavy atom. The van der Waals surface area contributed by atoms with Crippen molar-refractivity contribution < 1.29 is 4.79 Å². The zero-order valence-electron chi connectivity index (χ0n) is 13.6. The Balaban J connectivity index is 2.05. The van der Waals surface area contributed by atoms with E-state index in [0.717, 1.165) is 10.8 Å². The first-order valence-corrected chi connectivity index (χ1v) is 8.46.